The summed E-state index contributed by atoms with van der Waals surface area (Å²) >= 11 is 1.90. The van der Waals surface area contributed by atoms with Gasteiger partial charge in [-0.1, -0.05) is 20.8 Å². The quantitative estimate of drug-likeness (QED) is 0.632. The van der Waals surface area contributed by atoms with Crippen LogP contribution in [0, 0.1) is 5.41 Å². The zero-order valence-electron chi connectivity index (χ0n) is 10.7. The summed E-state index contributed by atoms with van der Waals surface area (Å²) in [6.45, 7) is 8.25. The van der Waals surface area contributed by atoms with Crippen LogP contribution in [-0.4, -0.2) is 36.3 Å². The number of nitrogens with one attached hydrogen (secondary N) is 1. The van der Waals surface area contributed by atoms with Gasteiger partial charge in [0.2, 0.25) is 0 Å². The van der Waals surface area contributed by atoms with Gasteiger partial charge in [-0.05, 0) is 43.2 Å². The predicted molar refractivity (Wildman–Crippen MR) is 70.6 cm³/mol. The highest BCUT2D eigenvalue weighted by Crippen LogP contribution is 2.20. The molecule has 0 bridgehead atoms. The van der Waals surface area contributed by atoms with Gasteiger partial charge in [0.15, 0.2) is 0 Å². The lowest BCUT2D eigenvalue weighted by Crippen LogP contribution is -2.30. The van der Waals surface area contributed by atoms with Crippen molar-refractivity contribution in [2.45, 2.75) is 46.1 Å². The van der Waals surface area contributed by atoms with Crippen LogP contribution in [0.4, 0.5) is 0 Å². The van der Waals surface area contributed by atoms with E-state index in [2.05, 4.69) is 32.3 Å². The second-order valence-corrected chi connectivity index (χ2v) is 6.31. The standard InChI is InChI=1S/C12H27NOS/c1-12(2,3)9-11(14)10-13-7-5-6-8-15-4/h11,13-14H,5-10H2,1-4H3. The molecule has 0 amide bonds. The van der Waals surface area contributed by atoms with Crippen LogP contribution in [0.1, 0.15) is 40.0 Å². The van der Waals surface area contributed by atoms with Gasteiger partial charge in [0, 0.05) is 6.54 Å². The molecule has 0 fully saturated rings. The molecule has 2 N–H and O–H groups in total. The summed E-state index contributed by atoms with van der Waals surface area (Å²) in [5.74, 6) is 1.24. The number of hydrogen-bond acceptors (Lipinski definition) is 3. The van der Waals surface area contributed by atoms with Crippen molar-refractivity contribution in [1.82, 2.24) is 5.32 Å². The Morgan fingerprint density at radius 3 is 2.47 bits per heavy atom. The zero-order chi connectivity index (χ0) is 11.7. The Bertz CT molecular complexity index is 145. The molecule has 15 heavy (non-hydrogen) atoms. The lowest BCUT2D eigenvalue weighted by Gasteiger charge is -2.22. The molecule has 2 nitrogen and oxygen atoms in total. The molecular formula is C12H27NOS. The molecule has 0 aliphatic rings. The van der Waals surface area contributed by atoms with Crippen LogP contribution < -0.4 is 5.32 Å². The number of aliphatic hydroxyl groups is 1. The molecule has 0 spiro atoms. The highest BCUT2D eigenvalue weighted by molar-refractivity contribution is 7.98. The van der Waals surface area contributed by atoms with E-state index < -0.39 is 0 Å². The Kier molecular flexibility index (Phi) is 8.58. The third-order valence-electron chi connectivity index (χ3n) is 2.18. The minimum absolute atomic E-state index is 0.203. The van der Waals surface area contributed by atoms with E-state index in [1.165, 1.54) is 18.6 Å². The fourth-order valence-corrected chi connectivity index (χ4v) is 2.04. The van der Waals surface area contributed by atoms with Gasteiger partial charge in [0.1, 0.15) is 0 Å². The van der Waals surface area contributed by atoms with Gasteiger partial charge in [-0.3, -0.25) is 0 Å². The lowest BCUT2D eigenvalue weighted by atomic mass is 9.89. The molecular weight excluding hydrogens is 206 g/mol. The number of hydrogen-bond donors (Lipinski definition) is 2. The van der Waals surface area contributed by atoms with Gasteiger partial charge in [0.05, 0.1) is 6.10 Å². The Balaban J connectivity index is 3.28. The Morgan fingerprint density at radius 1 is 1.27 bits per heavy atom. The molecule has 0 aromatic carbocycles. The fraction of sp³-hybridized carbons (Fsp3) is 1.00. The highest BCUT2D eigenvalue weighted by atomic mass is 32.2. The molecule has 1 unspecified atom stereocenters. The molecule has 3 heteroatoms. The van der Waals surface area contributed by atoms with E-state index >= 15 is 0 Å². The first-order valence-electron chi connectivity index (χ1n) is 5.83. The van der Waals surface area contributed by atoms with Crippen molar-refractivity contribution in [3.63, 3.8) is 0 Å². The van der Waals surface area contributed by atoms with Gasteiger partial charge in [-0.25, -0.2) is 0 Å². The van der Waals surface area contributed by atoms with E-state index in [0.717, 1.165) is 19.5 Å². The van der Waals surface area contributed by atoms with E-state index in [1.807, 2.05) is 11.8 Å². The van der Waals surface area contributed by atoms with Crippen LogP contribution in [-0.2, 0) is 0 Å². The molecule has 92 valence electrons. The molecule has 0 saturated carbocycles. The van der Waals surface area contributed by atoms with Crippen molar-refractivity contribution < 1.29 is 5.11 Å². The predicted octanol–water partition coefficient (Wildman–Crippen LogP) is 2.52. The summed E-state index contributed by atoms with van der Waals surface area (Å²) in [5, 5.41) is 13.0. The summed E-state index contributed by atoms with van der Waals surface area (Å²) in [7, 11) is 0. The zero-order valence-corrected chi connectivity index (χ0v) is 11.5. The Hall–Kier alpha value is 0.270. The average Bonchev–Trinajstić information content (AvgIpc) is 2.08. The van der Waals surface area contributed by atoms with Gasteiger partial charge < -0.3 is 10.4 Å². The normalized spacial score (nSPS) is 14.2. The molecule has 0 aromatic rings. The van der Waals surface area contributed by atoms with Crippen LogP contribution >= 0.6 is 11.8 Å². The van der Waals surface area contributed by atoms with Crippen LogP contribution in [0.2, 0.25) is 0 Å². The third-order valence-corrected chi connectivity index (χ3v) is 2.88. The number of thioether (sulfide) groups is 1. The van der Waals surface area contributed by atoms with Crippen molar-refractivity contribution in [3.05, 3.63) is 0 Å². The van der Waals surface area contributed by atoms with Gasteiger partial charge in [-0.2, -0.15) is 11.8 Å². The van der Waals surface area contributed by atoms with E-state index in [1.54, 1.807) is 0 Å². The second-order valence-electron chi connectivity index (χ2n) is 5.32. The minimum atomic E-state index is -0.203. The van der Waals surface area contributed by atoms with Crippen LogP contribution in [0.15, 0.2) is 0 Å². The van der Waals surface area contributed by atoms with E-state index in [0.29, 0.717) is 0 Å². The number of aliphatic hydroxyl groups excluding tert-OH is 1. The molecule has 0 rings (SSSR count). The summed E-state index contributed by atoms with van der Waals surface area (Å²) in [6.07, 6.45) is 5.28. The second kappa shape index (κ2) is 8.43. The van der Waals surface area contributed by atoms with Crippen molar-refractivity contribution >= 4 is 11.8 Å². The highest BCUT2D eigenvalue weighted by Gasteiger charge is 2.15. The summed E-state index contributed by atoms with van der Waals surface area (Å²) < 4.78 is 0. The smallest absolute Gasteiger partial charge is 0.0669 e. The van der Waals surface area contributed by atoms with E-state index in [4.69, 9.17) is 0 Å². The van der Waals surface area contributed by atoms with E-state index in [-0.39, 0.29) is 11.5 Å². The molecule has 0 radical (unpaired) electrons. The molecule has 0 aliphatic heterocycles. The summed E-state index contributed by atoms with van der Waals surface area (Å²) in [4.78, 5) is 0. The topological polar surface area (TPSA) is 32.3 Å². The molecule has 1 atom stereocenters. The average molecular weight is 233 g/mol. The number of unbranched alkanes of at least 4 members (excludes halogenated alkanes) is 1. The Labute approximate surface area is 99.2 Å². The molecule has 0 heterocycles. The summed E-state index contributed by atoms with van der Waals surface area (Å²) in [5.41, 5.74) is 0.222. The van der Waals surface area contributed by atoms with Gasteiger partial charge in [0.25, 0.3) is 0 Å². The van der Waals surface area contributed by atoms with Crippen molar-refractivity contribution in [1.29, 1.82) is 0 Å². The molecule has 0 aliphatic carbocycles. The largest absolute Gasteiger partial charge is 0.392 e. The first-order valence-corrected chi connectivity index (χ1v) is 7.23. The summed E-state index contributed by atoms with van der Waals surface area (Å²) in [6, 6.07) is 0. The fourth-order valence-electron chi connectivity index (χ4n) is 1.54. The van der Waals surface area contributed by atoms with Crippen molar-refractivity contribution in [2.24, 2.45) is 5.41 Å². The minimum Gasteiger partial charge on any atom is -0.392 e. The lowest BCUT2D eigenvalue weighted by molar-refractivity contribution is 0.120. The SMILES string of the molecule is CSCCCCNCC(O)CC(C)(C)C. The van der Waals surface area contributed by atoms with Gasteiger partial charge in [-0.15, -0.1) is 0 Å². The third kappa shape index (κ3) is 12.2. The van der Waals surface area contributed by atoms with Crippen molar-refractivity contribution in [2.75, 3.05) is 25.1 Å². The van der Waals surface area contributed by atoms with Crippen molar-refractivity contribution in [3.8, 4) is 0 Å². The van der Waals surface area contributed by atoms with Gasteiger partial charge >= 0.3 is 0 Å². The van der Waals surface area contributed by atoms with Crippen LogP contribution in [0.5, 0.6) is 0 Å². The first kappa shape index (κ1) is 15.3. The number of rotatable bonds is 8. The first-order chi connectivity index (χ1) is 6.95. The van der Waals surface area contributed by atoms with Crippen LogP contribution in [0.25, 0.3) is 0 Å². The maximum Gasteiger partial charge on any atom is 0.0669 e. The Morgan fingerprint density at radius 2 is 1.93 bits per heavy atom. The maximum absolute atomic E-state index is 9.72. The van der Waals surface area contributed by atoms with Crippen LogP contribution in [0.3, 0.4) is 0 Å². The molecule has 0 aromatic heterocycles. The maximum atomic E-state index is 9.72. The van der Waals surface area contributed by atoms with E-state index in [9.17, 15) is 5.11 Å². The monoisotopic (exact) mass is 233 g/mol. The molecule has 0 saturated heterocycles.